The molecule has 2 aromatic carbocycles. The maximum atomic E-state index is 13.0. The molecule has 1 aromatic heterocycles. The van der Waals surface area contributed by atoms with Crippen LogP contribution in [0.1, 0.15) is 55.8 Å². The van der Waals surface area contributed by atoms with Gasteiger partial charge in [0.15, 0.2) is 16.2 Å². The number of carboxylic acids is 1. The zero-order chi connectivity index (χ0) is 21.7. The summed E-state index contributed by atoms with van der Waals surface area (Å²) >= 11 is -1.33. The van der Waals surface area contributed by atoms with Crippen LogP contribution in [0.5, 0.6) is 5.75 Å². The van der Waals surface area contributed by atoms with Crippen molar-refractivity contribution in [3.8, 4) is 5.75 Å². The van der Waals surface area contributed by atoms with Crippen LogP contribution in [-0.2, 0) is 11.2 Å². The molecule has 0 bridgehead atoms. The second-order valence-electron chi connectivity index (χ2n) is 7.30. The van der Waals surface area contributed by atoms with Crippen LogP contribution in [0.15, 0.2) is 44.4 Å². The van der Waals surface area contributed by atoms with E-state index in [4.69, 9.17) is 9.15 Å². The van der Waals surface area contributed by atoms with E-state index in [2.05, 4.69) is 6.92 Å². The molecule has 0 amide bonds. The van der Waals surface area contributed by atoms with Crippen LogP contribution in [0.3, 0.4) is 0 Å². The van der Waals surface area contributed by atoms with Crippen molar-refractivity contribution in [1.29, 1.82) is 0 Å². The molecule has 1 heterocycles. The van der Waals surface area contributed by atoms with Crippen molar-refractivity contribution >= 4 is 39.1 Å². The summed E-state index contributed by atoms with van der Waals surface area (Å²) in [5.74, 6) is -1.00. The zero-order valence-corrected chi connectivity index (χ0v) is 21.0. The van der Waals surface area contributed by atoms with Gasteiger partial charge in [-0.15, -0.1) is 0 Å². The van der Waals surface area contributed by atoms with Crippen LogP contribution in [0, 0.1) is 0 Å². The van der Waals surface area contributed by atoms with E-state index in [-0.39, 0.29) is 57.1 Å². The standard InChI is InChI=1S/C23H26O6S.Na/c1-3-4-5-6-7-8-11-28-20-14-16(30(2)27)13-18-21(24)17-12-15(23(25)26)9-10-19(17)29-22(18)20;/h9-10,12-14H,3-8,11H2,1-2H3,(H,25,26);/q;+1/p-1. The van der Waals surface area contributed by atoms with Gasteiger partial charge in [0.1, 0.15) is 11.8 Å². The maximum Gasteiger partial charge on any atom is 1.00 e. The Labute approximate surface area is 206 Å². The van der Waals surface area contributed by atoms with Gasteiger partial charge in [0, 0.05) is 12.1 Å². The molecule has 0 aliphatic heterocycles. The average Bonchev–Trinajstić information content (AvgIpc) is 2.73. The summed E-state index contributed by atoms with van der Waals surface area (Å²) in [6, 6.07) is 7.16. The molecule has 0 fully saturated rings. The third-order valence-corrected chi connectivity index (χ3v) is 5.93. The van der Waals surface area contributed by atoms with Gasteiger partial charge < -0.3 is 23.6 Å². The number of fused-ring (bicyclic) bond motifs is 2. The molecule has 0 aliphatic carbocycles. The molecule has 1 unspecified atom stereocenters. The minimum absolute atomic E-state index is 0. The van der Waals surface area contributed by atoms with Crippen molar-refractivity contribution in [2.24, 2.45) is 0 Å². The Morgan fingerprint density at radius 2 is 1.77 bits per heavy atom. The first-order chi connectivity index (χ1) is 14.4. The Balaban J connectivity index is 0.00000341. The van der Waals surface area contributed by atoms with E-state index in [0.717, 1.165) is 19.3 Å². The smallest absolute Gasteiger partial charge is 0.612 e. The van der Waals surface area contributed by atoms with Gasteiger partial charge in [-0.05, 0) is 41.4 Å². The summed E-state index contributed by atoms with van der Waals surface area (Å²) in [6.07, 6.45) is 8.23. The summed E-state index contributed by atoms with van der Waals surface area (Å²) in [4.78, 5) is 24.6. The average molecular weight is 453 g/mol. The maximum absolute atomic E-state index is 13.0. The summed E-state index contributed by atoms with van der Waals surface area (Å²) in [5.41, 5.74) is 0.0242. The van der Waals surface area contributed by atoms with Crippen molar-refractivity contribution in [2.75, 3.05) is 12.9 Å². The SMILES string of the molecule is CCCCCCCCOc1cc([S+](C)[O-])cc2c(=O)c3cc(C(=O)[O-])ccc3oc12.[Na+]. The number of unbranched alkanes of at least 4 members (excludes halogenated alkanes) is 5. The van der Waals surface area contributed by atoms with Crippen molar-refractivity contribution in [3.05, 3.63) is 46.1 Å². The van der Waals surface area contributed by atoms with Crippen LogP contribution in [0.25, 0.3) is 21.9 Å². The number of benzene rings is 2. The number of carboxylic acid groups (broad SMARTS) is 1. The van der Waals surface area contributed by atoms with Crippen molar-refractivity contribution in [1.82, 2.24) is 0 Å². The second kappa shape index (κ2) is 11.9. The van der Waals surface area contributed by atoms with Gasteiger partial charge in [-0.3, -0.25) is 4.79 Å². The van der Waals surface area contributed by atoms with Gasteiger partial charge in [-0.1, -0.05) is 39.0 Å². The molecule has 160 valence electrons. The first-order valence-electron chi connectivity index (χ1n) is 10.1. The fourth-order valence-electron chi connectivity index (χ4n) is 3.37. The van der Waals surface area contributed by atoms with Crippen LogP contribution in [-0.4, -0.2) is 23.4 Å². The Bertz CT molecular complexity index is 1110. The number of ether oxygens (including phenoxy) is 1. The minimum Gasteiger partial charge on any atom is -0.612 e. The minimum atomic E-state index is -1.37. The van der Waals surface area contributed by atoms with E-state index < -0.39 is 22.6 Å². The molecular formula is C23H25NaO6S. The molecule has 0 saturated heterocycles. The van der Waals surface area contributed by atoms with E-state index in [1.807, 2.05) is 0 Å². The van der Waals surface area contributed by atoms with Gasteiger partial charge in [-0.25, -0.2) is 0 Å². The molecule has 0 saturated carbocycles. The van der Waals surface area contributed by atoms with Gasteiger partial charge >= 0.3 is 29.6 Å². The molecule has 8 heteroatoms. The quantitative estimate of drug-likeness (QED) is 0.195. The van der Waals surface area contributed by atoms with Gasteiger partial charge in [-0.2, -0.15) is 0 Å². The van der Waals surface area contributed by atoms with E-state index in [1.54, 1.807) is 6.07 Å². The van der Waals surface area contributed by atoms with E-state index in [0.29, 0.717) is 17.3 Å². The topological polar surface area (TPSA) is 103 Å². The molecule has 0 radical (unpaired) electrons. The third-order valence-electron chi connectivity index (χ3n) is 5.03. The predicted octanol–water partition coefficient (Wildman–Crippen LogP) is 0.790. The number of aromatic carboxylic acids is 1. The molecule has 1 atom stereocenters. The fraction of sp³-hybridized carbons (Fsp3) is 0.391. The van der Waals surface area contributed by atoms with Gasteiger partial charge in [0.2, 0.25) is 5.43 Å². The molecule has 0 aliphatic rings. The summed E-state index contributed by atoms with van der Waals surface area (Å²) < 4.78 is 23.9. The normalized spacial score (nSPS) is 12.0. The summed E-state index contributed by atoms with van der Waals surface area (Å²) in [5, 5.41) is 11.5. The van der Waals surface area contributed by atoms with Crippen molar-refractivity contribution in [3.63, 3.8) is 0 Å². The van der Waals surface area contributed by atoms with Gasteiger partial charge in [0.25, 0.3) is 0 Å². The number of hydrogen-bond donors (Lipinski definition) is 0. The molecule has 0 spiro atoms. The van der Waals surface area contributed by atoms with Crippen molar-refractivity contribution in [2.45, 2.75) is 50.3 Å². The molecule has 0 N–H and O–H groups in total. The summed E-state index contributed by atoms with van der Waals surface area (Å²) in [7, 11) is 0. The third kappa shape index (κ3) is 6.26. The van der Waals surface area contributed by atoms with E-state index in [1.165, 1.54) is 49.8 Å². The Hall–Kier alpha value is -1.51. The largest absolute Gasteiger partial charge is 1.00 e. The predicted molar refractivity (Wildman–Crippen MR) is 116 cm³/mol. The van der Waals surface area contributed by atoms with E-state index in [9.17, 15) is 19.2 Å². The first kappa shape index (κ1) is 25.7. The van der Waals surface area contributed by atoms with Crippen LogP contribution in [0.2, 0.25) is 0 Å². The number of carbonyl (C=O) groups excluding carboxylic acids is 1. The van der Waals surface area contributed by atoms with Crippen LogP contribution in [0.4, 0.5) is 0 Å². The fourth-order valence-corrected chi connectivity index (χ4v) is 3.92. The molecule has 31 heavy (non-hydrogen) atoms. The van der Waals surface area contributed by atoms with E-state index >= 15 is 0 Å². The molecule has 3 rings (SSSR count). The summed E-state index contributed by atoms with van der Waals surface area (Å²) in [6.45, 7) is 2.64. The molecule has 6 nitrogen and oxygen atoms in total. The zero-order valence-electron chi connectivity index (χ0n) is 18.2. The van der Waals surface area contributed by atoms with Crippen LogP contribution < -0.4 is 44.8 Å². The number of hydrogen-bond acceptors (Lipinski definition) is 6. The Morgan fingerprint density at radius 1 is 1.06 bits per heavy atom. The number of carbonyl (C=O) groups is 1. The second-order valence-corrected chi connectivity index (χ2v) is 8.68. The van der Waals surface area contributed by atoms with Crippen molar-refractivity contribution < 1.29 is 53.2 Å². The first-order valence-corrected chi connectivity index (χ1v) is 11.7. The molecular weight excluding hydrogens is 427 g/mol. The Morgan fingerprint density at radius 3 is 2.45 bits per heavy atom. The van der Waals surface area contributed by atoms with Crippen LogP contribution >= 0.6 is 0 Å². The van der Waals surface area contributed by atoms with Gasteiger partial charge in [0.05, 0.1) is 23.3 Å². The monoisotopic (exact) mass is 452 g/mol. The molecule has 3 aromatic rings. The Kier molecular flexibility index (Phi) is 9.90. The number of rotatable bonds is 10.